The number of oxime groups is 1. The normalized spacial score (nSPS) is 27.7. The van der Waals surface area contributed by atoms with E-state index >= 15 is 0 Å². The Balaban J connectivity index is 1.89. The second-order valence-corrected chi connectivity index (χ2v) is 5.52. The van der Waals surface area contributed by atoms with Crippen LogP contribution in [0.2, 0.25) is 0 Å². The van der Waals surface area contributed by atoms with Gasteiger partial charge in [-0.05, 0) is 36.3 Å². The van der Waals surface area contributed by atoms with E-state index in [0.29, 0.717) is 12.5 Å². The lowest BCUT2D eigenvalue weighted by Crippen LogP contribution is -2.52. The summed E-state index contributed by atoms with van der Waals surface area (Å²) in [5.74, 6) is 0.219. The van der Waals surface area contributed by atoms with E-state index in [2.05, 4.69) is 19.0 Å². The van der Waals surface area contributed by atoms with Crippen molar-refractivity contribution in [2.24, 2.45) is 22.4 Å². The van der Waals surface area contributed by atoms with Gasteiger partial charge in [-0.3, -0.25) is 4.79 Å². The molecule has 1 saturated carbocycles. The second-order valence-electron chi connectivity index (χ2n) is 5.52. The van der Waals surface area contributed by atoms with Gasteiger partial charge in [-0.25, -0.2) is 4.79 Å². The zero-order chi connectivity index (χ0) is 14.0. The molecule has 0 amide bonds. The molecule has 0 aromatic heterocycles. The van der Waals surface area contributed by atoms with E-state index < -0.39 is 5.97 Å². The van der Waals surface area contributed by atoms with Crippen LogP contribution in [0.3, 0.4) is 0 Å². The minimum atomic E-state index is -0.447. The molecule has 3 aliphatic rings. The van der Waals surface area contributed by atoms with Gasteiger partial charge in [0, 0.05) is 5.92 Å². The van der Waals surface area contributed by atoms with E-state index in [-0.39, 0.29) is 23.7 Å². The summed E-state index contributed by atoms with van der Waals surface area (Å²) >= 11 is 0. The first kappa shape index (κ1) is 13.8. The molecular formula is C14H19NO4. The summed E-state index contributed by atoms with van der Waals surface area (Å²) in [6.45, 7) is 6.05. The van der Waals surface area contributed by atoms with Crippen LogP contribution >= 0.6 is 0 Å². The van der Waals surface area contributed by atoms with Gasteiger partial charge in [-0.15, -0.1) is 0 Å². The molecule has 2 unspecified atom stereocenters. The van der Waals surface area contributed by atoms with Crippen molar-refractivity contribution < 1.29 is 19.2 Å². The number of carbonyl (C=O) groups is 2. The molecule has 5 heteroatoms. The Bertz CT molecular complexity index is 450. The summed E-state index contributed by atoms with van der Waals surface area (Å²) in [6, 6.07) is 0. The lowest BCUT2D eigenvalue weighted by molar-refractivity contribution is -0.148. The Labute approximate surface area is 112 Å². The lowest BCUT2D eigenvalue weighted by atomic mass is 9.48. The third-order valence-electron chi connectivity index (χ3n) is 4.09. The summed E-state index contributed by atoms with van der Waals surface area (Å²) in [7, 11) is 0. The standard InChI is InChI=1S/C14H19NO4/c1-4-18-13(17)8-19-15-7-9-5-12(16)11-6-10(9)14(11,2)3/h5,7,10-11H,4,6,8H2,1-3H3/b15-7-. The molecule has 3 aliphatic carbocycles. The fourth-order valence-corrected chi connectivity index (χ4v) is 2.86. The number of esters is 1. The van der Waals surface area contributed by atoms with Crippen molar-refractivity contribution in [1.29, 1.82) is 0 Å². The van der Waals surface area contributed by atoms with Crippen molar-refractivity contribution in [2.75, 3.05) is 13.2 Å². The molecule has 0 aromatic carbocycles. The zero-order valence-corrected chi connectivity index (χ0v) is 11.5. The topological polar surface area (TPSA) is 65.0 Å². The van der Waals surface area contributed by atoms with E-state index in [1.165, 1.54) is 0 Å². The van der Waals surface area contributed by atoms with Crippen LogP contribution in [0, 0.1) is 17.3 Å². The maximum atomic E-state index is 11.8. The minimum Gasteiger partial charge on any atom is -0.463 e. The molecule has 1 fully saturated rings. The van der Waals surface area contributed by atoms with Gasteiger partial charge in [0.05, 0.1) is 12.8 Å². The smallest absolute Gasteiger partial charge is 0.347 e. The van der Waals surface area contributed by atoms with Gasteiger partial charge >= 0.3 is 5.97 Å². The van der Waals surface area contributed by atoms with Crippen molar-refractivity contribution >= 4 is 18.0 Å². The van der Waals surface area contributed by atoms with Crippen LogP contribution in [-0.4, -0.2) is 31.2 Å². The van der Waals surface area contributed by atoms with Crippen molar-refractivity contribution in [3.05, 3.63) is 11.6 Å². The molecule has 3 rings (SSSR count). The van der Waals surface area contributed by atoms with Crippen molar-refractivity contribution in [3.63, 3.8) is 0 Å². The van der Waals surface area contributed by atoms with Crippen LogP contribution in [0.5, 0.6) is 0 Å². The van der Waals surface area contributed by atoms with Gasteiger partial charge in [0.15, 0.2) is 5.78 Å². The van der Waals surface area contributed by atoms with Crippen LogP contribution in [0.4, 0.5) is 0 Å². The van der Waals surface area contributed by atoms with Crippen LogP contribution in [0.1, 0.15) is 27.2 Å². The van der Waals surface area contributed by atoms with Crippen LogP contribution < -0.4 is 0 Å². The first-order chi connectivity index (χ1) is 8.96. The molecule has 104 valence electrons. The number of allylic oxidation sites excluding steroid dienone is 2. The number of carbonyl (C=O) groups excluding carboxylic acids is 2. The Hall–Kier alpha value is -1.65. The molecule has 0 saturated heterocycles. The number of ether oxygens (including phenoxy) is 1. The predicted molar refractivity (Wildman–Crippen MR) is 69.5 cm³/mol. The van der Waals surface area contributed by atoms with E-state index in [1.807, 2.05) is 0 Å². The molecule has 19 heavy (non-hydrogen) atoms. The highest BCUT2D eigenvalue weighted by atomic mass is 16.6. The molecule has 0 N–H and O–H groups in total. The zero-order valence-electron chi connectivity index (χ0n) is 11.5. The van der Waals surface area contributed by atoms with Gasteiger partial charge in [0.2, 0.25) is 6.61 Å². The molecular weight excluding hydrogens is 246 g/mol. The molecule has 5 nitrogen and oxygen atoms in total. The van der Waals surface area contributed by atoms with E-state index in [9.17, 15) is 9.59 Å². The first-order valence-electron chi connectivity index (χ1n) is 6.53. The van der Waals surface area contributed by atoms with Crippen molar-refractivity contribution in [3.8, 4) is 0 Å². The monoisotopic (exact) mass is 265 g/mol. The fourth-order valence-electron chi connectivity index (χ4n) is 2.86. The molecule has 0 aromatic rings. The maximum Gasteiger partial charge on any atom is 0.347 e. The summed E-state index contributed by atoms with van der Waals surface area (Å²) in [5, 5.41) is 3.75. The van der Waals surface area contributed by atoms with Crippen LogP contribution in [-0.2, 0) is 19.2 Å². The first-order valence-corrected chi connectivity index (χ1v) is 6.53. The fraction of sp³-hybridized carbons (Fsp3) is 0.643. The maximum absolute atomic E-state index is 11.8. The second kappa shape index (κ2) is 5.15. The molecule has 0 spiro atoms. The SMILES string of the molecule is CCOC(=O)CO/N=C\C1=CC(=O)C2CC1C2(C)C. The third-order valence-corrected chi connectivity index (χ3v) is 4.09. The van der Waals surface area contributed by atoms with Crippen molar-refractivity contribution in [2.45, 2.75) is 27.2 Å². The average molecular weight is 265 g/mol. The van der Waals surface area contributed by atoms with Crippen LogP contribution in [0.25, 0.3) is 0 Å². The highest BCUT2D eigenvalue weighted by Crippen LogP contribution is 2.57. The van der Waals surface area contributed by atoms with E-state index in [4.69, 9.17) is 9.57 Å². The number of hydrogen-bond donors (Lipinski definition) is 0. The number of nitrogens with zero attached hydrogens (tertiary/aromatic N) is 1. The van der Waals surface area contributed by atoms with Gasteiger partial charge in [0.1, 0.15) is 0 Å². The van der Waals surface area contributed by atoms with Crippen LogP contribution in [0.15, 0.2) is 16.8 Å². The minimum absolute atomic E-state index is 0.00826. The molecule has 2 bridgehead atoms. The van der Waals surface area contributed by atoms with Gasteiger partial charge < -0.3 is 9.57 Å². The van der Waals surface area contributed by atoms with Gasteiger partial charge in [-0.2, -0.15) is 0 Å². The lowest BCUT2D eigenvalue weighted by Gasteiger charge is -2.54. The number of rotatable bonds is 5. The third kappa shape index (κ3) is 2.55. The Morgan fingerprint density at radius 3 is 2.84 bits per heavy atom. The summed E-state index contributed by atoms with van der Waals surface area (Å²) < 4.78 is 4.71. The van der Waals surface area contributed by atoms with E-state index in [1.54, 1.807) is 19.2 Å². The summed E-state index contributed by atoms with van der Waals surface area (Å²) in [5.41, 5.74) is 0.898. The number of fused-ring (bicyclic) bond motifs is 1. The quantitative estimate of drug-likeness (QED) is 0.431. The molecule has 0 aliphatic heterocycles. The van der Waals surface area contributed by atoms with E-state index in [0.717, 1.165) is 12.0 Å². The molecule has 0 heterocycles. The Morgan fingerprint density at radius 2 is 2.26 bits per heavy atom. The molecule has 2 atom stereocenters. The summed E-state index contributed by atoms with van der Waals surface area (Å²) in [4.78, 5) is 27.7. The van der Waals surface area contributed by atoms with Gasteiger partial charge in [0.25, 0.3) is 0 Å². The Kier molecular flexibility index (Phi) is 3.73. The largest absolute Gasteiger partial charge is 0.463 e. The highest BCUT2D eigenvalue weighted by molar-refractivity contribution is 6.01. The predicted octanol–water partition coefficient (Wildman–Crippen LogP) is 1.72. The number of hydrogen-bond acceptors (Lipinski definition) is 5. The van der Waals surface area contributed by atoms with Gasteiger partial charge in [-0.1, -0.05) is 19.0 Å². The Morgan fingerprint density at radius 1 is 1.53 bits per heavy atom. The average Bonchev–Trinajstić information content (AvgIpc) is 2.33. The summed E-state index contributed by atoms with van der Waals surface area (Å²) in [6.07, 6.45) is 4.07. The van der Waals surface area contributed by atoms with Crippen molar-refractivity contribution in [1.82, 2.24) is 0 Å². The number of ketones is 1. The highest BCUT2D eigenvalue weighted by Gasteiger charge is 2.54. The molecule has 0 radical (unpaired) electrons.